The highest BCUT2D eigenvalue weighted by atomic mass is 32.2. The van der Waals surface area contributed by atoms with Gasteiger partial charge >= 0.3 is 0 Å². The summed E-state index contributed by atoms with van der Waals surface area (Å²) in [6.07, 6.45) is 0. The van der Waals surface area contributed by atoms with Crippen LogP contribution in [0.4, 0.5) is 5.69 Å². The molecule has 0 aliphatic heterocycles. The highest BCUT2D eigenvalue weighted by Gasteiger charge is 2.23. The van der Waals surface area contributed by atoms with Gasteiger partial charge in [-0.3, -0.25) is 9.59 Å². The van der Waals surface area contributed by atoms with Crippen LogP contribution in [0.1, 0.15) is 41.5 Å². The van der Waals surface area contributed by atoms with Crippen molar-refractivity contribution in [2.75, 3.05) is 12.4 Å². The number of ketones is 1. The van der Waals surface area contributed by atoms with Crippen molar-refractivity contribution in [1.82, 2.24) is 4.31 Å². The zero-order valence-electron chi connectivity index (χ0n) is 15.2. The van der Waals surface area contributed by atoms with Gasteiger partial charge in [-0.25, -0.2) is 8.42 Å². The molecular weight excluding hydrogens is 352 g/mol. The summed E-state index contributed by atoms with van der Waals surface area (Å²) >= 11 is 0. The first kappa shape index (κ1) is 19.8. The minimum Gasteiger partial charge on any atom is -0.322 e. The number of carbonyl (C=O) groups is 2. The Morgan fingerprint density at radius 3 is 2.15 bits per heavy atom. The molecule has 2 rings (SSSR count). The van der Waals surface area contributed by atoms with E-state index in [9.17, 15) is 18.0 Å². The van der Waals surface area contributed by atoms with Crippen molar-refractivity contribution in [3.8, 4) is 0 Å². The van der Waals surface area contributed by atoms with E-state index in [-0.39, 0.29) is 22.3 Å². The fraction of sp³-hybridized carbons (Fsp3) is 0.263. The normalized spacial score (nSPS) is 11.6. The number of benzene rings is 2. The summed E-state index contributed by atoms with van der Waals surface area (Å²) in [4.78, 5) is 23.8. The molecule has 0 unspecified atom stereocenters. The van der Waals surface area contributed by atoms with Gasteiger partial charge in [0.25, 0.3) is 5.91 Å². The molecule has 1 amide bonds. The predicted octanol–water partition coefficient (Wildman–Crippen LogP) is 3.17. The highest BCUT2D eigenvalue weighted by Crippen LogP contribution is 2.19. The van der Waals surface area contributed by atoms with Crippen LogP contribution < -0.4 is 5.32 Å². The summed E-state index contributed by atoms with van der Waals surface area (Å²) in [7, 11) is -2.16. The van der Waals surface area contributed by atoms with Crippen LogP contribution in [-0.2, 0) is 10.0 Å². The quantitative estimate of drug-likeness (QED) is 0.787. The van der Waals surface area contributed by atoms with Crippen LogP contribution in [0.25, 0.3) is 0 Å². The molecule has 0 radical (unpaired) electrons. The molecule has 0 aliphatic rings. The molecule has 0 heterocycles. The topological polar surface area (TPSA) is 83.5 Å². The second kappa shape index (κ2) is 7.80. The van der Waals surface area contributed by atoms with Crippen LogP contribution in [0.5, 0.6) is 0 Å². The second-order valence-corrected chi connectivity index (χ2v) is 8.23. The summed E-state index contributed by atoms with van der Waals surface area (Å²) in [5.74, 6) is -0.486. The van der Waals surface area contributed by atoms with Crippen molar-refractivity contribution in [3.63, 3.8) is 0 Å². The number of Topliss-reactive ketones (excluding diaryl/α,β-unsaturated/α-hetero) is 1. The molecule has 1 N–H and O–H groups in total. The van der Waals surface area contributed by atoms with E-state index < -0.39 is 15.9 Å². The summed E-state index contributed by atoms with van der Waals surface area (Å²) in [5, 5.41) is 2.70. The molecule has 6 nitrogen and oxygen atoms in total. The van der Waals surface area contributed by atoms with Gasteiger partial charge in [-0.1, -0.05) is 6.07 Å². The standard InChI is InChI=1S/C19H22N2O4S/c1-13(2)21(4)26(24,25)18-7-5-6-16(12-18)19(23)20-17-10-8-15(9-11-17)14(3)22/h5-13H,1-4H3,(H,20,23). The molecule has 0 bridgehead atoms. The third-order valence-electron chi connectivity index (χ3n) is 4.05. The van der Waals surface area contributed by atoms with E-state index in [0.717, 1.165) is 0 Å². The van der Waals surface area contributed by atoms with Crippen molar-refractivity contribution < 1.29 is 18.0 Å². The first-order valence-corrected chi connectivity index (χ1v) is 9.57. The monoisotopic (exact) mass is 374 g/mol. The third kappa shape index (κ3) is 4.36. The lowest BCUT2D eigenvalue weighted by Crippen LogP contribution is -2.33. The molecule has 0 aliphatic carbocycles. The Balaban J connectivity index is 2.24. The van der Waals surface area contributed by atoms with Crippen molar-refractivity contribution in [3.05, 3.63) is 59.7 Å². The smallest absolute Gasteiger partial charge is 0.255 e. The lowest BCUT2D eigenvalue weighted by molar-refractivity contribution is 0.101. The zero-order valence-corrected chi connectivity index (χ0v) is 16.0. The van der Waals surface area contributed by atoms with Gasteiger partial charge in [-0.15, -0.1) is 0 Å². The number of nitrogens with zero attached hydrogens (tertiary/aromatic N) is 1. The number of nitrogens with one attached hydrogen (secondary N) is 1. The fourth-order valence-electron chi connectivity index (χ4n) is 2.23. The van der Waals surface area contributed by atoms with Crippen LogP contribution in [0.15, 0.2) is 53.4 Å². The summed E-state index contributed by atoms with van der Waals surface area (Å²) < 4.78 is 26.4. The molecule has 26 heavy (non-hydrogen) atoms. The second-order valence-electron chi connectivity index (χ2n) is 6.23. The van der Waals surface area contributed by atoms with E-state index in [4.69, 9.17) is 0 Å². The van der Waals surface area contributed by atoms with Crippen molar-refractivity contribution in [2.45, 2.75) is 31.7 Å². The molecule has 0 saturated heterocycles. The van der Waals surface area contributed by atoms with Gasteiger partial charge in [0.1, 0.15) is 0 Å². The number of anilines is 1. The summed E-state index contributed by atoms with van der Waals surface area (Å²) in [6, 6.07) is 12.2. The van der Waals surface area contributed by atoms with E-state index in [1.54, 1.807) is 44.2 Å². The van der Waals surface area contributed by atoms with Crippen molar-refractivity contribution in [2.24, 2.45) is 0 Å². The van der Waals surface area contributed by atoms with Gasteiger partial charge in [-0.05, 0) is 63.2 Å². The lowest BCUT2D eigenvalue weighted by atomic mass is 10.1. The van der Waals surface area contributed by atoms with Crippen molar-refractivity contribution >= 4 is 27.4 Å². The molecule has 0 atom stereocenters. The Morgan fingerprint density at radius 1 is 1.00 bits per heavy atom. The van der Waals surface area contributed by atoms with Crippen LogP contribution in [0.2, 0.25) is 0 Å². The van der Waals surface area contributed by atoms with E-state index in [1.807, 2.05) is 0 Å². The molecular formula is C19H22N2O4S. The Morgan fingerprint density at radius 2 is 1.62 bits per heavy atom. The van der Waals surface area contributed by atoms with Crippen molar-refractivity contribution in [1.29, 1.82) is 0 Å². The van der Waals surface area contributed by atoms with Crippen LogP contribution in [0, 0.1) is 0 Å². The Kier molecular flexibility index (Phi) is 5.94. The van der Waals surface area contributed by atoms with Crippen LogP contribution in [0.3, 0.4) is 0 Å². The molecule has 138 valence electrons. The number of rotatable bonds is 6. The number of sulfonamides is 1. The maximum Gasteiger partial charge on any atom is 0.255 e. The predicted molar refractivity (Wildman–Crippen MR) is 101 cm³/mol. The van der Waals surface area contributed by atoms with Gasteiger partial charge in [-0.2, -0.15) is 4.31 Å². The molecule has 0 aromatic heterocycles. The SMILES string of the molecule is CC(=O)c1ccc(NC(=O)c2cccc(S(=O)(=O)N(C)C(C)C)c2)cc1. The third-order valence-corrected chi connectivity index (χ3v) is 6.08. The van der Waals surface area contributed by atoms with E-state index in [1.165, 1.54) is 36.5 Å². The van der Waals surface area contributed by atoms with Gasteiger partial charge in [0.15, 0.2) is 5.78 Å². The average Bonchev–Trinajstić information content (AvgIpc) is 2.61. The highest BCUT2D eigenvalue weighted by molar-refractivity contribution is 7.89. The minimum absolute atomic E-state index is 0.0601. The molecule has 2 aromatic carbocycles. The average molecular weight is 374 g/mol. The first-order valence-electron chi connectivity index (χ1n) is 8.13. The number of hydrogen-bond acceptors (Lipinski definition) is 4. The number of hydrogen-bond donors (Lipinski definition) is 1. The summed E-state index contributed by atoms with van der Waals surface area (Å²) in [5.41, 5.74) is 1.30. The minimum atomic E-state index is -3.67. The van der Waals surface area contributed by atoms with Gasteiger partial charge in [0, 0.05) is 29.9 Å². The fourth-order valence-corrected chi connectivity index (χ4v) is 3.65. The zero-order chi connectivity index (χ0) is 19.5. The number of amides is 1. The van der Waals surface area contributed by atoms with E-state index in [2.05, 4.69) is 5.32 Å². The Hall–Kier alpha value is -2.51. The first-order chi connectivity index (χ1) is 12.1. The molecule has 0 saturated carbocycles. The number of carbonyl (C=O) groups excluding carboxylic acids is 2. The van der Waals surface area contributed by atoms with Crippen LogP contribution in [-0.4, -0.2) is 37.5 Å². The Labute approximate surface area is 153 Å². The Bertz CT molecular complexity index is 919. The maximum absolute atomic E-state index is 12.6. The summed E-state index contributed by atoms with van der Waals surface area (Å²) in [6.45, 7) is 5.02. The van der Waals surface area contributed by atoms with Gasteiger partial charge < -0.3 is 5.32 Å². The van der Waals surface area contributed by atoms with Crippen LogP contribution >= 0.6 is 0 Å². The maximum atomic E-state index is 12.6. The van der Waals surface area contributed by atoms with E-state index >= 15 is 0 Å². The van der Waals surface area contributed by atoms with Gasteiger partial charge in [0.2, 0.25) is 10.0 Å². The molecule has 0 spiro atoms. The largest absolute Gasteiger partial charge is 0.322 e. The molecule has 0 fully saturated rings. The van der Waals surface area contributed by atoms with Gasteiger partial charge in [0.05, 0.1) is 4.90 Å². The molecule has 7 heteroatoms. The molecule has 2 aromatic rings. The lowest BCUT2D eigenvalue weighted by Gasteiger charge is -2.21. The van der Waals surface area contributed by atoms with E-state index in [0.29, 0.717) is 11.3 Å².